The summed E-state index contributed by atoms with van der Waals surface area (Å²) in [7, 11) is -3.59. The fourth-order valence-corrected chi connectivity index (χ4v) is 4.30. The Labute approximate surface area is 115 Å². The normalized spacial score (nSPS) is 13.6. The van der Waals surface area contributed by atoms with Crippen molar-refractivity contribution in [1.29, 1.82) is 0 Å². The van der Waals surface area contributed by atoms with Crippen LogP contribution in [0, 0.1) is 6.92 Å². The molecular formula is C11H15N3O3S2. The first-order valence-electron chi connectivity index (χ1n) is 5.66. The van der Waals surface area contributed by atoms with Gasteiger partial charge >= 0.3 is 0 Å². The Kier molecular flexibility index (Phi) is 3.93. The highest BCUT2D eigenvalue weighted by atomic mass is 32.2. The summed E-state index contributed by atoms with van der Waals surface area (Å²) in [6, 6.07) is 3.30. The fraction of sp³-hybridized carbons (Fsp3) is 0.364. The van der Waals surface area contributed by atoms with Gasteiger partial charge in [-0.05, 0) is 26.0 Å². The van der Waals surface area contributed by atoms with E-state index in [-0.39, 0.29) is 15.4 Å². The molecule has 0 saturated heterocycles. The Morgan fingerprint density at radius 2 is 2.32 bits per heavy atom. The van der Waals surface area contributed by atoms with Gasteiger partial charge in [-0.25, -0.2) is 18.1 Å². The minimum Gasteiger partial charge on any atom is -0.469 e. The maximum Gasteiger partial charge on any atom is 0.252 e. The van der Waals surface area contributed by atoms with Crippen LogP contribution in [0.5, 0.6) is 0 Å². The number of anilines is 1. The number of nitrogens with zero attached hydrogens (tertiary/aromatic N) is 1. The maximum absolute atomic E-state index is 12.2. The lowest BCUT2D eigenvalue weighted by Crippen LogP contribution is -2.33. The molecule has 2 rings (SSSR count). The Morgan fingerprint density at radius 3 is 2.84 bits per heavy atom. The molecule has 2 aromatic rings. The van der Waals surface area contributed by atoms with Crippen LogP contribution in [-0.2, 0) is 16.4 Å². The van der Waals surface area contributed by atoms with Crippen LogP contribution in [0.1, 0.15) is 18.4 Å². The number of hydrogen-bond donors (Lipinski definition) is 2. The summed E-state index contributed by atoms with van der Waals surface area (Å²) >= 11 is 0.964. The smallest absolute Gasteiger partial charge is 0.252 e. The molecule has 6 nitrogen and oxygen atoms in total. The summed E-state index contributed by atoms with van der Waals surface area (Å²) in [4.78, 5) is 3.92. The van der Waals surface area contributed by atoms with E-state index in [9.17, 15) is 8.42 Å². The molecule has 0 radical (unpaired) electrons. The van der Waals surface area contributed by atoms with E-state index in [4.69, 9.17) is 10.2 Å². The molecule has 0 aromatic carbocycles. The monoisotopic (exact) mass is 301 g/mol. The lowest BCUT2D eigenvalue weighted by Gasteiger charge is -2.12. The molecule has 8 heteroatoms. The molecule has 1 unspecified atom stereocenters. The number of thiazole rings is 1. The second-order valence-electron chi connectivity index (χ2n) is 4.23. The van der Waals surface area contributed by atoms with E-state index in [1.165, 1.54) is 0 Å². The summed E-state index contributed by atoms with van der Waals surface area (Å²) in [5, 5.41) is 0.247. The van der Waals surface area contributed by atoms with Crippen molar-refractivity contribution in [2.45, 2.75) is 30.5 Å². The maximum atomic E-state index is 12.2. The molecule has 0 amide bonds. The van der Waals surface area contributed by atoms with Crippen LogP contribution >= 0.6 is 11.3 Å². The molecule has 0 saturated carbocycles. The SMILES string of the molecule is Cc1nc(N)sc1S(=O)(=O)NC(C)Cc1ccco1. The van der Waals surface area contributed by atoms with Crippen molar-refractivity contribution >= 4 is 26.5 Å². The lowest BCUT2D eigenvalue weighted by molar-refractivity contribution is 0.479. The number of aryl methyl sites for hydroxylation is 1. The molecule has 0 aliphatic carbocycles. The molecule has 0 fully saturated rings. The first-order valence-corrected chi connectivity index (χ1v) is 7.96. The van der Waals surface area contributed by atoms with Gasteiger partial charge in [0, 0.05) is 12.5 Å². The van der Waals surface area contributed by atoms with Gasteiger partial charge in [-0.15, -0.1) is 0 Å². The van der Waals surface area contributed by atoms with Crippen molar-refractivity contribution in [2.75, 3.05) is 5.73 Å². The zero-order valence-corrected chi connectivity index (χ0v) is 12.2. The molecule has 2 heterocycles. The highest BCUT2D eigenvalue weighted by Crippen LogP contribution is 2.25. The molecule has 1 atom stereocenters. The quantitative estimate of drug-likeness (QED) is 0.872. The van der Waals surface area contributed by atoms with Crippen molar-refractivity contribution in [3.8, 4) is 0 Å². The van der Waals surface area contributed by atoms with Crippen molar-refractivity contribution in [3.05, 3.63) is 29.9 Å². The second-order valence-corrected chi connectivity index (χ2v) is 7.17. The molecule has 0 aliphatic rings. The number of hydrogen-bond acceptors (Lipinski definition) is 6. The number of sulfonamides is 1. The molecule has 0 spiro atoms. The van der Waals surface area contributed by atoms with Gasteiger partial charge in [-0.2, -0.15) is 0 Å². The first kappa shape index (κ1) is 14.0. The fourth-order valence-electron chi connectivity index (χ4n) is 1.74. The Hall–Kier alpha value is -1.38. The number of aromatic nitrogens is 1. The summed E-state index contributed by atoms with van der Waals surface area (Å²) < 4.78 is 32.3. The van der Waals surface area contributed by atoms with Crippen LogP contribution in [0.25, 0.3) is 0 Å². The summed E-state index contributed by atoms with van der Waals surface area (Å²) in [5.74, 6) is 0.732. The number of rotatable bonds is 5. The van der Waals surface area contributed by atoms with E-state index in [1.54, 1.807) is 32.2 Å². The van der Waals surface area contributed by atoms with Crippen LogP contribution in [0.4, 0.5) is 5.13 Å². The van der Waals surface area contributed by atoms with Crippen molar-refractivity contribution in [3.63, 3.8) is 0 Å². The lowest BCUT2D eigenvalue weighted by atomic mass is 10.2. The van der Waals surface area contributed by atoms with Gasteiger partial charge in [-0.1, -0.05) is 11.3 Å². The summed E-state index contributed by atoms with van der Waals surface area (Å²) in [6.45, 7) is 3.40. The van der Waals surface area contributed by atoms with Crippen molar-refractivity contribution < 1.29 is 12.8 Å². The van der Waals surface area contributed by atoms with Gasteiger partial charge in [-0.3, -0.25) is 0 Å². The van der Waals surface area contributed by atoms with Gasteiger partial charge in [0.25, 0.3) is 10.0 Å². The summed E-state index contributed by atoms with van der Waals surface area (Å²) in [5.41, 5.74) is 5.93. The predicted molar refractivity (Wildman–Crippen MR) is 73.5 cm³/mol. The molecule has 0 aliphatic heterocycles. The van der Waals surface area contributed by atoms with Crippen LogP contribution < -0.4 is 10.5 Å². The number of nitrogen functional groups attached to an aromatic ring is 1. The van der Waals surface area contributed by atoms with Crippen molar-refractivity contribution in [2.24, 2.45) is 0 Å². The highest BCUT2D eigenvalue weighted by molar-refractivity contribution is 7.91. The van der Waals surface area contributed by atoms with Crippen LogP contribution in [0.15, 0.2) is 27.0 Å². The van der Waals surface area contributed by atoms with E-state index in [1.807, 2.05) is 0 Å². The van der Waals surface area contributed by atoms with Gasteiger partial charge in [0.1, 0.15) is 5.76 Å². The molecule has 0 bridgehead atoms. The molecule has 3 N–H and O–H groups in total. The van der Waals surface area contributed by atoms with Crippen LogP contribution in [0.3, 0.4) is 0 Å². The molecule has 2 aromatic heterocycles. The van der Waals surface area contributed by atoms with Gasteiger partial charge in [0.2, 0.25) is 0 Å². The van der Waals surface area contributed by atoms with E-state index < -0.39 is 10.0 Å². The standard InChI is InChI=1S/C11H15N3O3S2/c1-7(6-9-4-3-5-17-9)14-19(15,16)10-8(2)13-11(12)18-10/h3-5,7,14H,6H2,1-2H3,(H2,12,13). The van der Waals surface area contributed by atoms with E-state index in [0.717, 1.165) is 17.1 Å². The molecule has 19 heavy (non-hydrogen) atoms. The third kappa shape index (κ3) is 3.34. The third-order valence-corrected chi connectivity index (χ3v) is 5.64. The molecular weight excluding hydrogens is 286 g/mol. The van der Waals surface area contributed by atoms with Crippen LogP contribution in [0.2, 0.25) is 0 Å². The molecule has 104 valence electrons. The number of furan rings is 1. The zero-order chi connectivity index (χ0) is 14.0. The Bertz CT molecular complexity index is 647. The predicted octanol–water partition coefficient (Wildman–Crippen LogP) is 1.54. The minimum atomic E-state index is -3.59. The highest BCUT2D eigenvalue weighted by Gasteiger charge is 2.23. The minimum absolute atomic E-state index is 0.163. The average Bonchev–Trinajstić information content (AvgIpc) is 2.87. The van der Waals surface area contributed by atoms with E-state index >= 15 is 0 Å². The first-order chi connectivity index (χ1) is 8.88. The largest absolute Gasteiger partial charge is 0.469 e. The van der Waals surface area contributed by atoms with E-state index in [2.05, 4.69) is 9.71 Å². The number of nitrogens with one attached hydrogen (secondary N) is 1. The van der Waals surface area contributed by atoms with E-state index in [0.29, 0.717) is 12.1 Å². The average molecular weight is 301 g/mol. The Morgan fingerprint density at radius 1 is 1.58 bits per heavy atom. The van der Waals surface area contributed by atoms with Crippen LogP contribution in [-0.4, -0.2) is 19.4 Å². The number of nitrogens with two attached hydrogens (primary N) is 1. The summed E-state index contributed by atoms with van der Waals surface area (Å²) in [6.07, 6.45) is 2.05. The topological polar surface area (TPSA) is 98.2 Å². The van der Waals surface area contributed by atoms with Gasteiger partial charge < -0.3 is 10.2 Å². The van der Waals surface area contributed by atoms with Gasteiger partial charge in [0.05, 0.1) is 12.0 Å². The Balaban J connectivity index is 2.11. The second kappa shape index (κ2) is 5.32. The zero-order valence-electron chi connectivity index (χ0n) is 10.6. The third-order valence-electron chi connectivity index (χ3n) is 2.46. The van der Waals surface area contributed by atoms with Gasteiger partial charge in [0.15, 0.2) is 9.34 Å². The van der Waals surface area contributed by atoms with Crippen molar-refractivity contribution in [1.82, 2.24) is 9.71 Å².